The Morgan fingerprint density at radius 2 is 1.93 bits per heavy atom. The zero-order chi connectivity index (χ0) is 19.7. The monoisotopic (exact) mass is 396 g/mol. The smallest absolute Gasteiger partial charge is 0.358 e. The Morgan fingerprint density at radius 1 is 1.18 bits per heavy atom. The summed E-state index contributed by atoms with van der Waals surface area (Å²) in [6.07, 6.45) is -0.134. The number of halogens is 1. The SMILES string of the molecule is C[C@H](OC(=O)c1csc(-c2ccc(F)cc2)n1)C(=O)N1CCc2ccccc21. The summed E-state index contributed by atoms with van der Waals surface area (Å²) in [4.78, 5) is 31.0. The van der Waals surface area contributed by atoms with E-state index in [1.807, 2.05) is 24.3 Å². The molecule has 3 aromatic rings. The van der Waals surface area contributed by atoms with E-state index in [4.69, 9.17) is 4.74 Å². The highest BCUT2D eigenvalue weighted by molar-refractivity contribution is 7.13. The summed E-state index contributed by atoms with van der Waals surface area (Å²) in [5, 5.41) is 2.16. The van der Waals surface area contributed by atoms with E-state index >= 15 is 0 Å². The van der Waals surface area contributed by atoms with Gasteiger partial charge in [0.15, 0.2) is 11.8 Å². The molecule has 0 saturated heterocycles. The second-order valence-electron chi connectivity index (χ2n) is 6.46. The Labute approximate surface area is 165 Å². The first-order valence-corrected chi connectivity index (χ1v) is 9.72. The fraction of sp³-hybridized carbons (Fsp3) is 0.190. The third-order valence-corrected chi connectivity index (χ3v) is 5.48. The summed E-state index contributed by atoms with van der Waals surface area (Å²) in [7, 11) is 0. The number of fused-ring (bicyclic) bond motifs is 1. The molecule has 0 saturated carbocycles. The van der Waals surface area contributed by atoms with E-state index in [0.29, 0.717) is 17.1 Å². The summed E-state index contributed by atoms with van der Waals surface area (Å²) < 4.78 is 18.4. The van der Waals surface area contributed by atoms with Crippen molar-refractivity contribution in [1.29, 1.82) is 0 Å². The Balaban J connectivity index is 1.44. The average molecular weight is 396 g/mol. The van der Waals surface area contributed by atoms with Gasteiger partial charge in [0.1, 0.15) is 10.8 Å². The minimum absolute atomic E-state index is 0.130. The minimum Gasteiger partial charge on any atom is -0.448 e. The Hall–Kier alpha value is -3.06. The number of hydrogen-bond acceptors (Lipinski definition) is 5. The molecule has 0 spiro atoms. The molecular formula is C21H17FN2O3S. The highest BCUT2D eigenvalue weighted by atomic mass is 32.1. The molecular weight excluding hydrogens is 379 g/mol. The number of carbonyl (C=O) groups excluding carboxylic acids is 2. The molecule has 1 atom stereocenters. The van der Waals surface area contributed by atoms with Crippen LogP contribution in [-0.2, 0) is 16.0 Å². The molecule has 1 aromatic heterocycles. The van der Waals surface area contributed by atoms with Crippen molar-refractivity contribution < 1.29 is 18.7 Å². The van der Waals surface area contributed by atoms with Crippen LogP contribution in [0.25, 0.3) is 10.6 Å². The maximum Gasteiger partial charge on any atom is 0.358 e. The van der Waals surface area contributed by atoms with Crippen LogP contribution in [0.4, 0.5) is 10.1 Å². The molecule has 0 aliphatic carbocycles. The highest BCUT2D eigenvalue weighted by Crippen LogP contribution is 2.28. The first-order chi connectivity index (χ1) is 13.5. The van der Waals surface area contributed by atoms with Crippen LogP contribution < -0.4 is 4.90 Å². The van der Waals surface area contributed by atoms with Crippen molar-refractivity contribution in [2.24, 2.45) is 0 Å². The number of thiazole rings is 1. The van der Waals surface area contributed by atoms with Gasteiger partial charge in [-0.2, -0.15) is 0 Å². The van der Waals surface area contributed by atoms with Crippen LogP contribution in [0.1, 0.15) is 23.0 Å². The number of hydrogen-bond donors (Lipinski definition) is 0. The summed E-state index contributed by atoms with van der Waals surface area (Å²) in [5.41, 5.74) is 2.81. The van der Waals surface area contributed by atoms with E-state index in [9.17, 15) is 14.0 Å². The van der Waals surface area contributed by atoms with Crippen LogP contribution in [0, 0.1) is 5.82 Å². The molecule has 0 fully saturated rings. The summed E-state index contributed by atoms with van der Waals surface area (Å²) in [6.45, 7) is 2.14. The van der Waals surface area contributed by atoms with E-state index < -0.39 is 12.1 Å². The lowest BCUT2D eigenvalue weighted by Gasteiger charge is -2.21. The fourth-order valence-electron chi connectivity index (χ4n) is 3.15. The molecule has 0 radical (unpaired) electrons. The summed E-state index contributed by atoms with van der Waals surface area (Å²) >= 11 is 1.26. The molecule has 2 aromatic carbocycles. The van der Waals surface area contributed by atoms with Gasteiger partial charge in [-0.25, -0.2) is 14.2 Å². The maximum absolute atomic E-state index is 13.0. The van der Waals surface area contributed by atoms with E-state index in [1.54, 1.807) is 29.3 Å². The van der Waals surface area contributed by atoms with Crippen molar-refractivity contribution in [2.75, 3.05) is 11.4 Å². The van der Waals surface area contributed by atoms with Gasteiger partial charge < -0.3 is 9.64 Å². The first-order valence-electron chi connectivity index (χ1n) is 8.84. The quantitative estimate of drug-likeness (QED) is 0.624. The molecule has 5 nitrogen and oxygen atoms in total. The Bertz CT molecular complexity index is 1030. The molecule has 1 aliphatic rings. The number of para-hydroxylation sites is 1. The predicted molar refractivity (Wildman–Crippen MR) is 105 cm³/mol. The van der Waals surface area contributed by atoms with Gasteiger partial charge in [0, 0.05) is 23.2 Å². The molecule has 0 N–H and O–H groups in total. The topological polar surface area (TPSA) is 59.5 Å². The number of benzene rings is 2. The lowest BCUT2D eigenvalue weighted by Crippen LogP contribution is -2.39. The van der Waals surface area contributed by atoms with Crippen LogP contribution in [-0.4, -0.2) is 29.5 Å². The van der Waals surface area contributed by atoms with Crippen molar-refractivity contribution in [3.63, 3.8) is 0 Å². The molecule has 7 heteroatoms. The van der Waals surface area contributed by atoms with Gasteiger partial charge in [-0.05, 0) is 49.2 Å². The van der Waals surface area contributed by atoms with Gasteiger partial charge in [0.25, 0.3) is 5.91 Å². The van der Waals surface area contributed by atoms with E-state index in [0.717, 1.165) is 17.7 Å². The van der Waals surface area contributed by atoms with Crippen LogP contribution in [0.5, 0.6) is 0 Å². The van der Waals surface area contributed by atoms with Gasteiger partial charge >= 0.3 is 5.97 Å². The lowest BCUT2D eigenvalue weighted by molar-refractivity contribution is -0.126. The number of amides is 1. The number of aromatic nitrogens is 1. The largest absolute Gasteiger partial charge is 0.448 e. The number of ether oxygens (including phenoxy) is 1. The van der Waals surface area contributed by atoms with Crippen molar-refractivity contribution in [3.8, 4) is 10.6 Å². The first kappa shape index (κ1) is 18.3. The van der Waals surface area contributed by atoms with Crippen LogP contribution in [0.2, 0.25) is 0 Å². The average Bonchev–Trinajstić information content (AvgIpc) is 3.35. The molecule has 28 heavy (non-hydrogen) atoms. The second kappa shape index (κ2) is 7.52. The number of rotatable bonds is 4. The van der Waals surface area contributed by atoms with Gasteiger partial charge in [0.05, 0.1) is 0 Å². The highest BCUT2D eigenvalue weighted by Gasteiger charge is 2.30. The third kappa shape index (κ3) is 3.53. The van der Waals surface area contributed by atoms with Crippen LogP contribution in [0.3, 0.4) is 0 Å². The van der Waals surface area contributed by atoms with Crippen LogP contribution in [0.15, 0.2) is 53.9 Å². The van der Waals surface area contributed by atoms with Gasteiger partial charge in [-0.1, -0.05) is 18.2 Å². The minimum atomic E-state index is -0.922. The molecule has 2 heterocycles. The van der Waals surface area contributed by atoms with Crippen LogP contribution >= 0.6 is 11.3 Å². The zero-order valence-corrected chi connectivity index (χ0v) is 15.9. The van der Waals surface area contributed by atoms with Crippen molar-refractivity contribution in [3.05, 3.63) is 71.0 Å². The van der Waals surface area contributed by atoms with E-state index in [-0.39, 0.29) is 17.4 Å². The second-order valence-corrected chi connectivity index (χ2v) is 7.32. The number of nitrogens with zero attached hydrogens (tertiary/aromatic N) is 2. The molecule has 0 bridgehead atoms. The molecule has 1 amide bonds. The molecule has 0 unspecified atom stereocenters. The lowest BCUT2D eigenvalue weighted by atomic mass is 10.2. The van der Waals surface area contributed by atoms with Crippen molar-refractivity contribution in [1.82, 2.24) is 4.98 Å². The zero-order valence-electron chi connectivity index (χ0n) is 15.1. The van der Waals surface area contributed by atoms with Gasteiger partial charge in [-0.15, -0.1) is 11.3 Å². The van der Waals surface area contributed by atoms with Gasteiger partial charge in [0.2, 0.25) is 0 Å². The number of esters is 1. The molecule has 4 rings (SSSR count). The Kier molecular flexibility index (Phi) is 4.92. The predicted octanol–water partition coefficient (Wildman–Crippen LogP) is 4.08. The summed E-state index contributed by atoms with van der Waals surface area (Å²) in [5.74, 6) is -1.25. The summed E-state index contributed by atoms with van der Waals surface area (Å²) in [6, 6.07) is 13.6. The molecule has 1 aliphatic heterocycles. The number of anilines is 1. The van der Waals surface area contributed by atoms with Gasteiger partial charge in [-0.3, -0.25) is 4.79 Å². The maximum atomic E-state index is 13.0. The van der Waals surface area contributed by atoms with E-state index in [2.05, 4.69) is 4.98 Å². The third-order valence-electron chi connectivity index (χ3n) is 4.59. The van der Waals surface area contributed by atoms with E-state index in [1.165, 1.54) is 23.5 Å². The Morgan fingerprint density at radius 3 is 2.71 bits per heavy atom. The number of carbonyl (C=O) groups is 2. The fourth-order valence-corrected chi connectivity index (χ4v) is 3.95. The molecule has 142 valence electrons. The normalized spacial score (nSPS) is 13.9. The standard InChI is InChI=1S/C21H17FN2O3S/c1-13(20(25)24-11-10-14-4-2-3-5-18(14)24)27-21(26)17-12-28-19(23-17)15-6-8-16(22)9-7-15/h2-9,12-13H,10-11H2,1H3/t13-/m0/s1. The van der Waals surface area contributed by atoms with Crippen molar-refractivity contribution in [2.45, 2.75) is 19.4 Å². The van der Waals surface area contributed by atoms with Crippen molar-refractivity contribution >= 4 is 28.9 Å².